The highest BCUT2D eigenvalue weighted by Gasteiger charge is 2.14. The van der Waals surface area contributed by atoms with Crippen LogP contribution in [0.4, 0.5) is 0 Å². The number of aryl methyl sites for hydroxylation is 1. The van der Waals surface area contributed by atoms with Crippen molar-refractivity contribution in [1.82, 2.24) is 20.1 Å². The van der Waals surface area contributed by atoms with E-state index in [4.69, 9.17) is 11.6 Å². The predicted octanol–water partition coefficient (Wildman–Crippen LogP) is 3.40. The largest absolute Gasteiger partial charge is 0.349 e. The summed E-state index contributed by atoms with van der Waals surface area (Å²) in [5, 5.41) is 12.4. The van der Waals surface area contributed by atoms with Gasteiger partial charge >= 0.3 is 0 Å². The average molecular weight is 351 g/mol. The van der Waals surface area contributed by atoms with Crippen molar-refractivity contribution in [2.45, 2.75) is 31.6 Å². The third kappa shape index (κ3) is 4.59. The summed E-state index contributed by atoms with van der Waals surface area (Å²) in [5.74, 6) is 0.995. The molecule has 0 aliphatic rings. The zero-order valence-electron chi connectivity index (χ0n) is 13.1. The second-order valence-corrected chi connectivity index (χ2v) is 6.38. The molecule has 23 heavy (non-hydrogen) atoms. The Kier molecular flexibility index (Phi) is 6.24. The number of thioether (sulfide) groups is 1. The number of carbonyl (C=O) groups is 1. The molecule has 0 aliphatic carbocycles. The second kappa shape index (κ2) is 8.17. The molecule has 0 saturated carbocycles. The van der Waals surface area contributed by atoms with Crippen molar-refractivity contribution >= 4 is 29.3 Å². The molecule has 0 saturated heterocycles. The van der Waals surface area contributed by atoms with E-state index >= 15 is 0 Å². The number of rotatable bonds is 7. The van der Waals surface area contributed by atoms with Gasteiger partial charge < -0.3 is 9.88 Å². The van der Waals surface area contributed by atoms with Crippen LogP contribution in [0.3, 0.4) is 0 Å². The molecule has 5 nitrogen and oxygen atoms in total. The van der Waals surface area contributed by atoms with E-state index in [1.165, 1.54) is 11.8 Å². The Hall–Kier alpha value is -1.79. The van der Waals surface area contributed by atoms with Crippen molar-refractivity contribution in [3.63, 3.8) is 0 Å². The summed E-state index contributed by atoms with van der Waals surface area (Å²) in [4.78, 5) is 12.1. The molecule has 1 amide bonds. The topological polar surface area (TPSA) is 59.8 Å². The number of benzene rings is 1. The Morgan fingerprint density at radius 2 is 2.22 bits per heavy atom. The fraction of sp³-hybridized carbons (Fsp3) is 0.312. The number of halogens is 1. The van der Waals surface area contributed by atoms with E-state index in [0.29, 0.717) is 16.7 Å². The van der Waals surface area contributed by atoms with E-state index in [-0.39, 0.29) is 17.7 Å². The normalized spacial score (nSPS) is 12.0. The first-order chi connectivity index (χ1) is 11.0. The molecule has 1 aromatic carbocycles. The standard InChI is InChI=1S/C16H19ClN4OS/c1-4-9-21-12(3)19-20-16(21)23-10-15(22)18-11(2)13-7-5-6-8-14(13)17/h4-8,11H,1,9-10H2,2-3H3,(H,18,22). The maximum Gasteiger partial charge on any atom is 0.230 e. The van der Waals surface area contributed by atoms with E-state index in [0.717, 1.165) is 11.4 Å². The van der Waals surface area contributed by atoms with Gasteiger partial charge in [0.25, 0.3) is 0 Å². The molecule has 1 aromatic heterocycles. The zero-order chi connectivity index (χ0) is 16.8. The number of allylic oxidation sites excluding steroid dienone is 1. The fourth-order valence-corrected chi connectivity index (χ4v) is 3.23. The van der Waals surface area contributed by atoms with Crippen molar-refractivity contribution in [3.8, 4) is 0 Å². The van der Waals surface area contributed by atoms with Gasteiger partial charge in [0.2, 0.25) is 5.91 Å². The fourth-order valence-electron chi connectivity index (χ4n) is 2.12. The Morgan fingerprint density at radius 3 is 2.91 bits per heavy atom. The van der Waals surface area contributed by atoms with Crippen molar-refractivity contribution in [3.05, 3.63) is 53.3 Å². The minimum absolute atomic E-state index is 0.0757. The molecule has 1 unspecified atom stereocenters. The number of hydrogen-bond donors (Lipinski definition) is 1. The first kappa shape index (κ1) is 17.6. The summed E-state index contributed by atoms with van der Waals surface area (Å²) in [6, 6.07) is 7.34. The van der Waals surface area contributed by atoms with Gasteiger partial charge in [0.1, 0.15) is 5.82 Å². The molecule has 0 bridgehead atoms. The highest BCUT2D eigenvalue weighted by Crippen LogP contribution is 2.22. The number of hydrogen-bond acceptors (Lipinski definition) is 4. The van der Waals surface area contributed by atoms with Gasteiger partial charge in [-0.1, -0.05) is 47.6 Å². The molecule has 122 valence electrons. The molecule has 1 N–H and O–H groups in total. The predicted molar refractivity (Wildman–Crippen MR) is 93.7 cm³/mol. The van der Waals surface area contributed by atoms with Gasteiger partial charge in [0.05, 0.1) is 11.8 Å². The van der Waals surface area contributed by atoms with Crippen LogP contribution in [-0.4, -0.2) is 26.4 Å². The smallest absolute Gasteiger partial charge is 0.230 e. The quantitative estimate of drug-likeness (QED) is 0.614. The summed E-state index contributed by atoms with van der Waals surface area (Å²) in [6.07, 6.45) is 1.78. The van der Waals surface area contributed by atoms with E-state index in [2.05, 4.69) is 22.1 Å². The van der Waals surface area contributed by atoms with Gasteiger partial charge in [-0.3, -0.25) is 4.79 Å². The van der Waals surface area contributed by atoms with Crippen LogP contribution in [0.2, 0.25) is 5.02 Å². The number of aromatic nitrogens is 3. The number of carbonyl (C=O) groups excluding carboxylic acids is 1. The van der Waals surface area contributed by atoms with Gasteiger partial charge in [-0.05, 0) is 25.5 Å². The van der Waals surface area contributed by atoms with Crippen LogP contribution in [0.5, 0.6) is 0 Å². The van der Waals surface area contributed by atoms with Gasteiger partial charge in [-0.25, -0.2) is 0 Å². The summed E-state index contributed by atoms with van der Waals surface area (Å²) in [6.45, 7) is 8.13. The van der Waals surface area contributed by atoms with Gasteiger partial charge in [0, 0.05) is 11.6 Å². The monoisotopic (exact) mass is 350 g/mol. The molecular weight excluding hydrogens is 332 g/mol. The Morgan fingerprint density at radius 1 is 1.48 bits per heavy atom. The lowest BCUT2D eigenvalue weighted by molar-refractivity contribution is -0.119. The summed E-state index contributed by atoms with van der Waals surface area (Å²) >= 11 is 7.50. The molecular formula is C16H19ClN4OS. The van der Waals surface area contributed by atoms with Crippen molar-refractivity contribution < 1.29 is 4.79 Å². The van der Waals surface area contributed by atoms with Crippen LogP contribution in [0.1, 0.15) is 24.4 Å². The maximum absolute atomic E-state index is 12.1. The van der Waals surface area contributed by atoms with Crippen molar-refractivity contribution in [2.24, 2.45) is 0 Å². The summed E-state index contributed by atoms with van der Waals surface area (Å²) in [7, 11) is 0. The number of nitrogens with one attached hydrogen (secondary N) is 1. The highest BCUT2D eigenvalue weighted by molar-refractivity contribution is 7.99. The van der Waals surface area contributed by atoms with E-state index in [9.17, 15) is 4.79 Å². The Labute approximate surface area is 145 Å². The third-order valence-corrected chi connectivity index (χ3v) is 4.61. The lowest BCUT2D eigenvalue weighted by Crippen LogP contribution is -2.28. The maximum atomic E-state index is 12.1. The Bertz CT molecular complexity index is 701. The van der Waals surface area contributed by atoms with E-state index in [1.807, 2.05) is 42.7 Å². The van der Waals surface area contributed by atoms with Crippen LogP contribution in [-0.2, 0) is 11.3 Å². The van der Waals surface area contributed by atoms with Crippen LogP contribution < -0.4 is 5.32 Å². The molecule has 0 aliphatic heterocycles. The van der Waals surface area contributed by atoms with Gasteiger partial charge in [-0.15, -0.1) is 16.8 Å². The van der Waals surface area contributed by atoms with Gasteiger partial charge in [0.15, 0.2) is 5.16 Å². The summed E-state index contributed by atoms with van der Waals surface area (Å²) in [5.41, 5.74) is 0.901. The van der Waals surface area contributed by atoms with Crippen LogP contribution in [0.25, 0.3) is 0 Å². The van der Waals surface area contributed by atoms with Crippen LogP contribution in [0.15, 0.2) is 42.1 Å². The first-order valence-corrected chi connectivity index (χ1v) is 8.56. The highest BCUT2D eigenvalue weighted by atomic mass is 35.5. The molecule has 0 fully saturated rings. The minimum Gasteiger partial charge on any atom is -0.349 e. The summed E-state index contributed by atoms with van der Waals surface area (Å²) < 4.78 is 1.92. The zero-order valence-corrected chi connectivity index (χ0v) is 14.7. The van der Waals surface area contributed by atoms with Crippen molar-refractivity contribution in [1.29, 1.82) is 0 Å². The van der Waals surface area contributed by atoms with Crippen LogP contribution >= 0.6 is 23.4 Å². The number of amides is 1. The molecule has 1 atom stereocenters. The number of nitrogens with zero attached hydrogens (tertiary/aromatic N) is 3. The van der Waals surface area contributed by atoms with Crippen LogP contribution in [0, 0.1) is 6.92 Å². The van der Waals surface area contributed by atoms with Gasteiger partial charge in [-0.2, -0.15) is 0 Å². The third-order valence-electron chi connectivity index (χ3n) is 3.30. The van der Waals surface area contributed by atoms with Crippen molar-refractivity contribution in [2.75, 3.05) is 5.75 Å². The molecule has 7 heteroatoms. The molecule has 1 heterocycles. The average Bonchev–Trinajstić information content (AvgIpc) is 2.87. The molecule has 2 aromatic rings. The SMILES string of the molecule is C=CCn1c(C)nnc1SCC(=O)NC(C)c1ccccc1Cl. The van der Waals surface area contributed by atoms with E-state index < -0.39 is 0 Å². The lowest BCUT2D eigenvalue weighted by Gasteiger charge is -2.15. The van der Waals surface area contributed by atoms with E-state index in [1.54, 1.807) is 6.08 Å². The Balaban J connectivity index is 1.93. The lowest BCUT2D eigenvalue weighted by atomic mass is 10.1. The molecule has 0 spiro atoms. The second-order valence-electron chi connectivity index (χ2n) is 5.03. The minimum atomic E-state index is -0.149. The molecule has 0 radical (unpaired) electrons. The molecule has 2 rings (SSSR count). The first-order valence-electron chi connectivity index (χ1n) is 7.20.